The number of halogens is 4. The second kappa shape index (κ2) is 5.53. The average molecular weight is 315 g/mol. The summed E-state index contributed by atoms with van der Waals surface area (Å²) in [5.41, 5.74) is 5.54. The van der Waals surface area contributed by atoms with E-state index in [-0.39, 0.29) is 27.0 Å². The monoisotopic (exact) mass is 314 g/mol. The van der Waals surface area contributed by atoms with Gasteiger partial charge in [-0.3, -0.25) is 0 Å². The summed E-state index contributed by atoms with van der Waals surface area (Å²) in [5.74, 6) is -2.75. The van der Waals surface area contributed by atoms with Crippen LogP contribution >= 0.6 is 23.2 Å². The van der Waals surface area contributed by atoms with Crippen molar-refractivity contribution in [3.8, 4) is 17.6 Å². The molecule has 7 heteroatoms. The van der Waals surface area contributed by atoms with E-state index in [2.05, 4.69) is 0 Å². The van der Waals surface area contributed by atoms with E-state index in [0.717, 1.165) is 12.1 Å². The molecule has 0 fully saturated rings. The van der Waals surface area contributed by atoms with Gasteiger partial charge in [0.2, 0.25) is 0 Å². The predicted molar refractivity (Wildman–Crippen MR) is 72.0 cm³/mol. The van der Waals surface area contributed by atoms with Crippen LogP contribution in [0.3, 0.4) is 0 Å². The lowest BCUT2D eigenvalue weighted by Crippen LogP contribution is -1.97. The minimum atomic E-state index is -1.02. The summed E-state index contributed by atoms with van der Waals surface area (Å²) in [4.78, 5) is 0. The third-order valence-electron chi connectivity index (χ3n) is 2.39. The second-order valence-corrected chi connectivity index (χ2v) is 4.60. The van der Waals surface area contributed by atoms with Gasteiger partial charge in [0.25, 0.3) is 0 Å². The van der Waals surface area contributed by atoms with Crippen molar-refractivity contribution in [1.82, 2.24) is 0 Å². The Morgan fingerprint density at radius 2 is 1.60 bits per heavy atom. The SMILES string of the molecule is N#Cc1cc(F)c(Oc2cc(Cl)c(Cl)cc2N)c(F)c1. The quantitative estimate of drug-likeness (QED) is 0.829. The molecule has 2 N–H and O–H groups in total. The van der Waals surface area contributed by atoms with E-state index in [0.29, 0.717) is 0 Å². The smallest absolute Gasteiger partial charge is 0.198 e. The lowest BCUT2D eigenvalue weighted by Gasteiger charge is -2.11. The summed E-state index contributed by atoms with van der Waals surface area (Å²) in [5, 5.41) is 8.92. The Labute approximate surface area is 123 Å². The maximum atomic E-state index is 13.7. The van der Waals surface area contributed by atoms with Crippen LogP contribution in [0.5, 0.6) is 11.5 Å². The molecule has 3 nitrogen and oxygen atoms in total. The highest BCUT2D eigenvalue weighted by Gasteiger charge is 2.16. The summed E-state index contributed by atoms with van der Waals surface area (Å²) in [6.45, 7) is 0. The fourth-order valence-electron chi connectivity index (χ4n) is 1.46. The minimum Gasteiger partial charge on any atom is -0.449 e. The lowest BCUT2D eigenvalue weighted by atomic mass is 10.2. The Bertz CT molecular complexity index is 706. The van der Waals surface area contributed by atoms with Crippen LogP contribution in [0.2, 0.25) is 10.0 Å². The van der Waals surface area contributed by atoms with Crippen molar-refractivity contribution in [1.29, 1.82) is 5.26 Å². The number of ether oxygens (including phenoxy) is 1. The summed E-state index contributed by atoms with van der Waals surface area (Å²) < 4.78 is 32.4. The normalized spacial score (nSPS) is 10.2. The lowest BCUT2D eigenvalue weighted by molar-refractivity contribution is 0.409. The summed E-state index contributed by atoms with van der Waals surface area (Å²) >= 11 is 11.5. The molecule has 2 aromatic rings. The van der Waals surface area contributed by atoms with Crippen molar-refractivity contribution in [3.05, 3.63) is 51.5 Å². The van der Waals surface area contributed by atoms with Gasteiger partial charge in [-0.25, -0.2) is 8.78 Å². The Morgan fingerprint density at radius 3 is 2.15 bits per heavy atom. The number of benzene rings is 2. The molecule has 0 saturated carbocycles. The number of rotatable bonds is 2. The molecule has 0 spiro atoms. The number of hydrogen-bond acceptors (Lipinski definition) is 3. The molecule has 0 amide bonds. The van der Waals surface area contributed by atoms with Gasteiger partial charge in [-0.2, -0.15) is 5.26 Å². The van der Waals surface area contributed by atoms with E-state index in [9.17, 15) is 8.78 Å². The van der Waals surface area contributed by atoms with Crippen LogP contribution in [0.1, 0.15) is 5.56 Å². The molecule has 0 aromatic heterocycles. The third kappa shape index (κ3) is 2.77. The van der Waals surface area contributed by atoms with Gasteiger partial charge in [-0.05, 0) is 18.2 Å². The van der Waals surface area contributed by atoms with Gasteiger partial charge < -0.3 is 10.5 Å². The van der Waals surface area contributed by atoms with Crippen molar-refractivity contribution in [3.63, 3.8) is 0 Å². The maximum Gasteiger partial charge on any atom is 0.198 e. The largest absolute Gasteiger partial charge is 0.449 e. The molecule has 0 unspecified atom stereocenters. The molecule has 0 aliphatic rings. The first kappa shape index (κ1) is 14.4. The molecule has 2 aromatic carbocycles. The van der Waals surface area contributed by atoms with E-state index >= 15 is 0 Å². The summed E-state index contributed by atoms with van der Waals surface area (Å²) in [7, 11) is 0. The number of nitrogens with zero attached hydrogens (tertiary/aromatic N) is 1. The molecule has 0 atom stereocenters. The van der Waals surface area contributed by atoms with Crippen LogP contribution in [0.4, 0.5) is 14.5 Å². The Morgan fingerprint density at radius 1 is 1.05 bits per heavy atom. The van der Waals surface area contributed by atoms with Gasteiger partial charge >= 0.3 is 0 Å². The first-order chi connectivity index (χ1) is 9.42. The second-order valence-electron chi connectivity index (χ2n) is 3.79. The Hall–Kier alpha value is -2.03. The molecular weight excluding hydrogens is 309 g/mol. The van der Waals surface area contributed by atoms with E-state index in [1.54, 1.807) is 6.07 Å². The highest BCUT2D eigenvalue weighted by molar-refractivity contribution is 6.42. The van der Waals surface area contributed by atoms with Crippen molar-refractivity contribution < 1.29 is 13.5 Å². The Kier molecular flexibility index (Phi) is 3.98. The molecule has 0 radical (unpaired) electrons. The number of nitrogen functional groups attached to an aromatic ring is 1. The van der Waals surface area contributed by atoms with Crippen LogP contribution < -0.4 is 10.5 Å². The van der Waals surface area contributed by atoms with Crippen LogP contribution in [0, 0.1) is 23.0 Å². The molecule has 0 aliphatic heterocycles. The minimum absolute atomic E-state index is 0.0399. The van der Waals surface area contributed by atoms with Gasteiger partial charge in [0.1, 0.15) is 0 Å². The first-order valence-electron chi connectivity index (χ1n) is 5.24. The molecule has 0 heterocycles. The van der Waals surface area contributed by atoms with E-state index in [4.69, 9.17) is 38.9 Å². The van der Waals surface area contributed by atoms with Gasteiger partial charge in [-0.1, -0.05) is 23.2 Å². The van der Waals surface area contributed by atoms with E-state index in [1.165, 1.54) is 12.1 Å². The average Bonchev–Trinajstić information content (AvgIpc) is 2.39. The molecule has 0 aliphatic carbocycles. The van der Waals surface area contributed by atoms with E-state index in [1.807, 2.05) is 0 Å². The van der Waals surface area contributed by atoms with Gasteiger partial charge in [0.15, 0.2) is 23.1 Å². The fraction of sp³-hybridized carbons (Fsp3) is 0. The summed E-state index contributed by atoms with van der Waals surface area (Å²) in [6.07, 6.45) is 0. The standard InChI is InChI=1S/C13H6Cl2F2N2O/c14-7-3-11(19)12(4-8(7)15)20-13-9(16)1-6(5-18)2-10(13)17/h1-4H,19H2. The van der Waals surface area contributed by atoms with Gasteiger partial charge in [0.05, 0.1) is 27.4 Å². The zero-order valence-corrected chi connectivity index (χ0v) is 11.3. The first-order valence-corrected chi connectivity index (χ1v) is 5.99. The molecule has 20 heavy (non-hydrogen) atoms. The van der Waals surface area contributed by atoms with Crippen molar-refractivity contribution in [2.75, 3.05) is 5.73 Å². The third-order valence-corrected chi connectivity index (χ3v) is 3.11. The van der Waals surface area contributed by atoms with E-state index < -0.39 is 17.4 Å². The molecule has 0 saturated heterocycles. The highest BCUT2D eigenvalue weighted by atomic mass is 35.5. The fourth-order valence-corrected chi connectivity index (χ4v) is 1.79. The highest BCUT2D eigenvalue weighted by Crippen LogP contribution is 2.36. The number of nitriles is 1. The van der Waals surface area contributed by atoms with Crippen molar-refractivity contribution in [2.24, 2.45) is 0 Å². The van der Waals surface area contributed by atoms with Crippen LogP contribution in [-0.2, 0) is 0 Å². The molecular formula is C13H6Cl2F2N2O. The number of nitrogens with two attached hydrogens (primary N) is 1. The van der Waals surface area contributed by atoms with Gasteiger partial charge in [-0.15, -0.1) is 0 Å². The van der Waals surface area contributed by atoms with Crippen LogP contribution in [-0.4, -0.2) is 0 Å². The van der Waals surface area contributed by atoms with Gasteiger partial charge in [0, 0.05) is 6.07 Å². The number of hydrogen-bond donors (Lipinski definition) is 1. The number of anilines is 1. The molecule has 0 bridgehead atoms. The van der Waals surface area contributed by atoms with Crippen LogP contribution in [0.25, 0.3) is 0 Å². The van der Waals surface area contributed by atoms with Crippen molar-refractivity contribution >= 4 is 28.9 Å². The molecule has 102 valence electrons. The summed E-state index contributed by atoms with van der Waals surface area (Å²) in [6, 6.07) is 5.89. The van der Waals surface area contributed by atoms with Crippen molar-refractivity contribution in [2.45, 2.75) is 0 Å². The predicted octanol–water partition coefficient (Wildman–Crippen LogP) is 4.52. The van der Waals surface area contributed by atoms with Crippen LogP contribution in [0.15, 0.2) is 24.3 Å². The molecule has 2 rings (SSSR count). The Balaban J connectivity index is 2.46. The topological polar surface area (TPSA) is 59.0 Å². The zero-order chi connectivity index (χ0) is 14.9. The maximum absolute atomic E-state index is 13.7. The zero-order valence-electron chi connectivity index (χ0n) is 9.75.